The molecule has 6 nitrogen and oxygen atoms in total. The Bertz CT molecular complexity index is 881. The van der Waals surface area contributed by atoms with E-state index in [9.17, 15) is 9.59 Å². The minimum absolute atomic E-state index is 0.227. The predicted octanol–water partition coefficient (Wildman–Crippen LogP) is 3.61. The molecule has 6 heteroatoms. The normalized spacial score (nSPS) is 22.3. The highest BCUT2D eigenvalue weighted by Crippen LogP contribution is 2.46. The summed E-state index contributed by atoms with van der Waals surface area (Å²) in [6.07, 6.45) is -0.618. The summed E-state index contributed by atoms with van der Waals surface area (Å²) in [5.74, 6) is 0.0241. The van der Waals surface area contributed by atoms with Crippen LogP contribution in [0.4, 0.5) is 0 Å². The second-order valence-corrected chi connectivity index (χ2v) is 7.18. The summed E-state index contributed by atoms with van der Waals surface area (Å²) in [5.41, 5.74) is -0.288. The lowest BCUT2D eigenvalue weighted by Gasteiger charge is -2.43. The van der Waals surface area contributed by atoms with Crippen LogP contribution in [0, 0.1) is 5.92 Å². The van der Waals surface area contributed by atoms with E-state index >= 15 is 0 Å². The van der Waals surface area contributed by atoms with Crippen molar-refractivity contribution in [3.63, 3.8) is 0 Å². The zero-order chi connectivity index (χ0) is 19.1. The standard InChI is InChI=1S/C20H24O6/c1-6-11(2)19(22)25-18-17(23-5)15-13(26-20(18,3)4)9-7-12-8-10-14(21)24-16(12)15/h7-11,17-18H,6H2,1-5H3/t11?,17-,18-/m0/s1. The second kappa shape index (κ2) is 6.76. The third-order valence-corrected chi connectivity index (χ3v) is 4.92. The molecule has 0 N–H and O–H groups in total. The van der Waals surface area contributed by atoms with Crippen LogP contribution < -0.4 is 10.4 Å². The zero-order valence-electron chi connectivity index (χ0n) is 15.7. The highest BCUT2D eigenvalue weighted by Gasteiger charge is 2.48. The Kier molecular flexibility index (Phi) is 4.80. The minimum atomic E-state index is -0.806. The lowest BCUT2D eigenvalue weighted by Crippen LogP contribution is -2.52. The van der Waals surface area contributed by atoms with Crippen LogP contribution in [-0.2, 0) is 14.3 Å². The number of carbonyl (C=O) groups is 1. The van der Waals surface area contributed by atoms with E-state index in [1.165, 1.54) is 6.07 Å². The Labute approximate surface area is 152 Å². The largest absolute Gasteiger partial charge is 0.483 e. The average molecular weight is 360 g/mol. The van der Waals surface area contributed by atoms with E-state index in [1.807, 2.05) is 39.8 Å². The fourth-order valence-corrected chi connectivity index (χ4v) is 3.20. The van der Waals surface area contributed by atoms with Crippen LogP contribution in [0.3, 0.4) is 0 Å². The van der Waals surface area contributed by atoms with E-state index in [0.29, 0.717) is 23.3 Å². The molecule has 1 aliphatic heterocycles. The highest BCUT2D eigenvalue weighted by atomic mass is 16.6. The van der Waals surface area contributed by atoms with Gasteiger partial charge in [-0.15, -0.1) is 0 Å². The molecule has 1 unspecified atom stereocenters. The van der Waals surface area contributed by atoms with Gasteiger partial charge < -0.3 is 18.6 Å². The molecule has 140 valence electrons. The molecule has 0 saturated heterocycles. The van der Waals surface area contributed by atoms with E-state index in [0.717, 1.165) is 5.39 Å². The van der Waals surface area contributed by atoms with Crippen molar-refractivity contribution in [3.8, 4) is 5.75 Å². The number of fused-ring (bicyclic) bond motifs is 3. The fourth-order valence-electron chi connectivity index (χ4n) is 3.20. The molecule has 26 heavy (non-hydrogen) atoms. The van der Waals surface area contributed by atoms with Crippen LogP contribution in [0.25, 0.3) is 11.0 Å². The summed E-state index contributed by atoms with van der Waals surface area (Å²) >= 11 is 0. The van der Waals surface area contributed by atoms with Crippen molar-refractivity contribution in [1.82, 2.24) is 0 Å². The monoisotopic (exact) mass is 360 g/mol. The highest BCUT2D eigenvalue weighted by molar-refractivity contribution is 5.83. The first-order valence-corrected chi connectivity index (χ1v) is 8.77. The number of ether oxygens (including phenoxy) is 3. The van der Waals surface area contributed by atoms with Gasteiger partial charge in [-0.2, -0.15) is 0 Å². The van der Waals surface area contributed by atoms with Crippen molar-refractivity contribution >= 4 is 16.9 Å². The summed E-state index contributed by atoms with van der Waals surface area (Å²) in [7, 11) is 1.54. The lowest BCUT2D eigenvalue weighted by atomic mass is 9.87. The molecule has 0 aliphatic carbocycles. The second-order valence-electron chi connectivity index (χ2n) is 7.18. The first-order chi connectivity index (χ1) is 12.3. The summed E-state index contributed by atoms with van der Waals surface area (Å²) in [6, 6.07) is 6.70. The van der Waals surface area contributed by atoms with E-state index in [2.05, 4.69) is 0 Å². The van der Waals surface area contributed by atoms with Crippen molar-refractivity contribution in [2.75, 3.05) is 7.11 Å². The predicted molar refractivity (Wildman–Crippen MR) is 96.3 cm³/mol. The Balaban J connectivity index is 2.14. The summed E-state index contributed by atoms with van der Waals surface area (Å²) in [6.45, 7) is 7.45. The van der Waals surface area contributed by atoms with Crippen molar-refractivity contribution in [2.24, 2.45) is 5.92 Å². The topological polar surface area (TPSA) is 75.0 Å². The number of benzene rings is 1. The molecule has 1 aliphatic rings. The average Bonchev–Trinajstić information content (AvgIpc) is 2.60. The van der Waals surface area contributed by atoms with Crippen molar-refractivity contribution in [1.29, 1.82) is 0 Å². The maximum Gasteiger partial charge on any atom is 0.336 e. The molecule has 0 radical (unpaired) electrons. The number of rotatable bonds is 4. The number of hydrogen-bond donors (Lipinski definition) is 0. The van der Waals surface area contributed by atoms with E-state index in [4.69, 9.17) is 18.6 Å². The van der Waals surface area contributed by atoms with Gasteiger partial charge in [-0.1, -0.05) is 13.8 Å². The van der Waals surface area contributed by atoms with Crippen molar-refractivity contribution in [2.45, 2.75) is 51.9 Å². The molecule has 2 heterocycles. The van der Waals surface area contributed by atoms with Crippen molar-refractivity contribution in [3.05, 3.63) is 40.2 Å². The first-order valence-electron chi connectivity index (χ1n) is 8.77. The van der Waals surface area contributed by atoms with E-state index in [1.54, 1.807) is 13.2 Å². The quantitative estimate of drug-likeness (QED) is 0.612. The molecule has 0 amide bonds. The molecular formula is C20H24O6. The Hall–Kier alpha value is -2.34. The zero-order valence-corrected chi connectivity index (χ0v) is 15.7. The van der Waals surface area contributed by atoms with E-state index < -0.39 is 23.4 Å². The summed E-state index contributed by atoms with van der Waals surface area (Å²) < 4.78 is 23.0. The fraction of sp³-hybridized carbons (Fsp3) is 0.500. The molecule has 1 aromatic carbocycles. The van der Waals surface area contributed by atoms with Gasteiger partial charge in [-0.25, -0.2) is 4.79 Å². The molecule has 3 atom stereocenters. The van der Waals surface area contributed by atoms with Gasteiger partial charge in [0.25, 0.3) is 0 Å². The van der Waals surface area contributed by atoms with Crippen LogP contribution in [0.15, 0.2) is 33.5 Å². The van der Waals surface area contributed by atoms with Gasteiger partial charge in [0.1, 0.15) is 23.0 Å². The molecule has 0 fully saturated rings. The van der Waals surface area contributed by atoms with Gasteiger partial charge >= 0.3 is 11.6 Å². The van der Waals surface area contributed by atoms with Gasteiger partial charge in [-0.3, -0.25) is 4.79 Å². The first kappa shape index (κ1) is 18.5. The van der Waals surface area contributed by atoms with Gasteiger partial charge in [-0.05, 0) is 38.5 Å². The maximum absolute atomic E-state index is 12.4. The molecular weight excluding hydrogens is 336 g/mol. The Morgan fingerprint density at radius 3 is 2.62 bits per heavy atom. The van der Waals surface area contributed by atoms with Crippen LogP contribution >= 0.6 is 0 Å². The van der Waals surface area contributed by atoms with Gasteiger partial charge in [0.2, 0.25) is 0 Å². The SMILES string of the molecule is CCC(C)C(=O)O[C@H]1[C@@H](OC)c2c(ccc3ccc(=O)oc23)OC1(C)C. The number of carbonyl (C=O) groups excluding carboxylic acids is 1. The van der Waals surface area contributed by atoms with Crippen LogP contribution in [0.1, 0.15) is 45.8 Å². The van der Waals surface area contributed by atoms with Crippen LogP contribution in [-0.4, -0.2) is 24.8 Å². The van der Waals surface area contributed by atoms with Gasteiger partial charge in [0, 0.05) is 18.6 Å². The molecule has 0 spiro atoms. The van der Waals surface area contributed by atoms with E-state index in [-0.39, 0.29) is 11.9 Å². The minimum Gasteiger partial charge on any atom is -0.483 e. The van der Waals surface area contributed by atoms with Crippen molar-refractivity contribution < 1.29 is 23.4 Å². The summed E-state index contributed by atoms with van der Waals surface area (Å²) in [5, 5.41) is 0.751. The van der Waals surface area contributed by atoms with Gasteiger partial charge in [0.05, 0.1) is 11.5 Å². The van der Waals surface area contributed by atoms with Crippen LogP contribution in [0.5, 0.6) is 5.75 Å². The molecule has 1 aromatic heterocycles. The Morgan fingerprint density at radius 1 is 1.27 bits per heavy atom. The van der Waals surface area contributed by atoms with Crippen LogP contribution in [0.2, 0.25) is 0 Å². The molecule has 2 aromatic rings. The molecule has 0 bridgehead atoms. The molecule has 3 rings (SSSR count). The smallest absolute Gasteiger partial charge is 0.336 e. The summed E-state index contributed by atoms with van der Waals surface area (Å²) in [4.78, 5) is 24.2. The maximum atomic E-state index is 12.4. The number of esters is 1. The third-order valence-electron chi connectivity index (χ3n) is 4.92. The van der Waals surface area contributed by atoms with Gasteiger partial charge in [0.15, 0.2) is 6.10 Å². The number of methoxy groups -OCH3 is 1. The Morgan fingerprint density at radius 2 is 1.96 bits per heavy atom. The lowest BCUT2D eigenvalue weighted by molar-refractivity contribution is -0.184. The third kappa shape index (κ3) is 3.09. The molecule has 0 saturated carbocycles. The number of hydrogen-bond acceptors (Lipinski definition) is 6.